The molecular weight excluding hydrogens is 607 g/mol. The molecule has 2 saturated heterocycles. The van der Waals surface area contributed by atoms with Gasteiger partial charge in [-0.3, -0.25) is 4.79 Å². The molecule has 5 aromatic rings. The average molecular weight is 650 g/mol. The molecule has 247 valence electrons. The second-order valence-corrected chi connectivity index (χ2v) is 13.6. The zero-order valence-electron chi connectivity index (χ0n) is 27.8. The summed E-state index contributed by atoms with van der Waals surface area (Å²) in [6, 6.07) is 36.9. The molecule has 0 bridgehead atoms. The van der Waals surface area contributed by atoms with Crippen molar-refractivity contribution in [2.24, 2.45) is 11.5 Å². The Morgan fingerprint density at radius 2 is 1.31 bits per heavy atom. The standard InChI is InChI=1S/C41H42BN4O3/c43-26-28-5-1-7-32(21-28)30-13-17-45(18-14-30)36-11-4-10-35(24-36)42-48-39-23-34-9-3-12-37(38(34)25-40(39)49-42)41(47)46-19-15-31(16-20-46)33-8-2-6-29(22-33)27-44/h1-12,21-23,25,30-31H,13-20,26-27,43-44H2. The summed E-state index contributed by atoms with van der Waals surface area (Å²) in [7, 11) is -0.598. The maximum atomic E-state index is 13.9. The van der Waals surface area contributed by atoms with Crippen LogP contribution >= 0.6 is 0 Å². The Morgan fingerprint density at radius 3 is 1.96 bits per heavy atom. The molecule has 0 spiro atoms. The van der Waals surface area contributed by atoms with E-state index in [0.29, 0.717) is 42.0 Å². The molecule has 8 rings (SSSR count). The normalized spacial score (nSPS) is 16.8. The molecule has 3 aliphatic heterocycles. The van der Waals surface area contributed by atoms with E-state index in [9.17, 15) is 4.79 Å². The van der Waals surface area contributed by atoms with Crippen molar-refractivity contribution < 1.29 is 14.1 Å². The largest absolute Gasteiger partial charge is 0.633 e. The van der Waals surface area contributed by atoms with Crippen molar-refractivity contribution >= 4 is 34.9 Å². The van der Waals surface area contributed by atoms with Crippen molar-refractivity contribution in [3.05, 3.63) is 131 Å². The first-order chi connectivity index (χ1) is 24.1. The Bertz CT molecular complexity index is 1980. The van der Waals surface area contributed by atoms with Gasteiger partial charge in [-0.15, -0.1) is 0 Å². The van der Waals surface area contributed by atoms with Gasteiger partial charge in [0.2, 0.25) is 0 Å². The van der Waals surface area contributed by atoms with Crippen LogP contribution in [0.25, 0.3) is 10.8 Å². The van der Waals surface area contributed by atoms with Crippen molar-refractivity contribution in [1.82, 2.24) is 4.90 Å². The maximum Gasteiger partial charge on any atom is 0.633 e. The monoisotopic (exact) mass is 649 g/mol. The van der Waals surface area contributed by atoms with Crippen molar-refractivity contribution in [2.45, 2.75) is 50.6 Å². The van der Waals surface area contributed by atoms with Crippen LogP contribution in [-0.4, -0.2) is 44.1 Å². The molecule has 5 aromatic carbocycles. The van der Waals surface area contributed by atoms with E-state index in [-0.39, 0.29) is 5.91 Å². The van der Waals surface area contributed by atoms with E-state index in [1.165, 1.54) is 16.7 Å². The van der Waals surface area contributed by atoms with Crippen LogP contribution in [0.3, 0.4) is 0 Å². The van der Waals surface area contributed by atoms with Crippen molar-refractivity contribution in [3.63, 3.8) is 0 Å². The van der Waals surface area contributed by atoms with Gasteiger partial charge >= 0.3 is 7.12 Å². The third kappa shape index (κ3) is 6.39. The summed E-state index contributed by atoms with van der Waals surface area (Å²) < 4.78 is 12.7. The Labute approximate surface area is 288 Å². The Morgan fingerprint density at radius 1 is 0.714 bits per heavy atom. The number of carbonyl (C=O) groups is 1. The molecule has 8 heteroatoms. The minimum atomic E-state index is -0.598. The summed E-state index contributed by atoms with van der Waals surface area (Å²) in [5, 5.41) is 1.84. The van der Waals surface area contributed by atoms with E-state index >= 15 is 0 Å². The number of amides is 1. The number of nitrogens with zero attached hydrogens (tertiary/aromatic N) is 2. The van der Waals surface area contributed by atoms with Crippen LogP contribution in [-0.2, 0) is 13.1 Å². The van der Waals surface area contributed by atoms with Gasteiger partial charge in [0, 0.05) is 62.0 Å². The Kier molecular flexibility index (Phi) is 8.75. The first kappa shape index (κ1) is 31.5. The molecule has 0 atom stereocenters. The number of fused-ring (bicyclic) bond motifs is 2. The number of benzene rings is 5. The predicted molar refractivity (Wildman–Crippen MR) is 197 cm³/mol. The zero-order valence-corrected chi connectivity index (χ0v) is 27.8. The van der Waals surface area contributed by atoms with E-state index < -0.39 is 7.12 Å². The van der Waals surface area contributed by atoms with Crippen molar-refractivity contribution in [1.29, 1.82) is 0 Å². The highest BCUT2D eigenvalue weighted by molar-refractivity contribution is 6.63. The lowest BCUT2D eigenvalue weighted by atomic mass is 9.79. The first-order valence-electron chi connectivity index (χ1n) is 17.6. The molecule has 1 amide bonds. The SMILES string of the molecule is NCc1cccc(C2CCN(C(=O)c3cccc4cc5c(cc34)OB(c3[c]c(N4CCC(c6cccc(CN)c6)CC4)ccc3)O5)CC2)c1. The molecule has 49 heavy (non-hydrogen) atoms. The highest BCUT2D eigenvalue weighted by Crippen LogP contribution is 2.39. The number of likely N-dealkylation sites (tertiary alicyclic amines) is 1. The van der Waals surface area contributed by atoms with Gasteiger partial charge < -0.3 is 30.6 Å². The van der Waals surface area contributed by atoms with E-state index in [1.54, 1.807) is 0 Å². The second kappa shape index (κ2) is 13.6. The van der Waals surface area contributed by atoms with Gasteiger partial charge in [-0.05, 0) is 94.8 Å². The van der Waals surface area contributed by atoms with Gasteiger partial charge in [-0.2, -0.15) is 0 Å². The highest BCUT2D eigenvalue weighted by atomic mass is 16.6. The number of piperidine rings is 2. The summed E-state index contributed by atoms with van der Waals surface area (Å²) in [5.74, 6) is 2.37. The molecule has 0 unspecified atom stereocenters. The minimum Gasteiger partial charge on any atom is -0.519 e. The summed E-state index contributed by atoms with van der Waals surface area (Å²) in [5.41, 5.74) is 19.4. The van der Waals surface area contributed by atoms with Crippen molar-refractivity contribution in [2.75, 3.05) is 31.1 Å². The lowest BCUT2D eigenvalue weighted by Gasteiger charge is -2.34. The number of hydrogen-bond donors (Lipinski definition) is 2. The van der Waals surface area contributed by atoms with Crippen LogP contribution in [0.2, 0.25) is 0 Å². The molecule has 0 saturated carbocycles. The Hall–Kier alpha value is -4.79. The summed E-state index contributed by atoms with van der Waals surface area (Å²) in [6.45, 7) is 4.50. The topological polar surface area (TPSA) is 94.1 Å². The molecule has 3 aliphatic rings. The van der Waals surface area contributed by atoms with Crippen LogP contribution in [0.1, 0.15) is 70.1 Å². The quantitative estimate of drug-likeness (QED) is 0.206. The van der Waals surface area contributed by atoms with Gasteiger partial charge in [0.05, 0.1) is 0 Å². The van der Waals surface area contributed by atoms with Crippen LogP contribution in [0.15, 0.2) is 97.1 Å². The number of nitrogens with two attached hydrogens (primary N) is 2. The van der Waals surface area contributed by atoms with Crippen LogP contribution in [0, 0.1) is 6.07 Å². The van der Waals surface area contributed by atoms with Gasteiger partial charge in [0.1, 0.15) is 11.5 Å². The second-order valence-electron chi connectivity index (χ2n) is 13.6. The van der Waals surface area contributed by atoms with Crippen LogP contribution in [0.5, 0.6) is 11.5 Å². The fourth-order valence-electron chi connectivity index (χ4n) is 7.82. The third-order valence-corrected chi connectivity index (χ3v) is 10.6. The molecule has 2 fully saturated rings. The van der Waals surface area contributed by atoms with E-state index in [4.69, 9.17) is 20.8 Å². The minimum absolute atomic E-state index is 0.0621. The predicted octanol–water partition coefficient (Wildman–Crippen LogP) is 6.13. The molecule has 7 nitrogen and oxygen atoms in total. The maximum absolute atomic E-state index is 13.9. The molecular formula is C41H42BN4O3. The van der Waals surface area contributed by atoms with E-state index in [2.05, 4.69) is 71.6 Å². The van der Waals surface area contributed by atoms with Crippen LogP contribution in [0.4, 0.5) is 5.69 Å². The summed E-state index contributed by atoms with van der Waals surface area (Å²) >= 11 is 0. The van der Waals surface area contributed by atoms with Crippen molar-refractivity contribution in [3.8, 4) is 11.5 Å². The van der Waals surface area contributed by atoms with Crippen LogP contribution < -0.4 is 31.1 Å². The first-order valence-corrected chi connectivity index (χ1v) is 17.6. The fourth-order valence-corrected chi connectivity index (χ4v) is 7.82. The number of hydrogen-bond acceptors (Lipinski definition) is 6. The summed E-state index contributed by atoms with van der Waals surface area (Å²) in [6.07, 6.45) is 4.05. The third-order valence-electron chi connectivity index (χ3n) is 10.6. The number of carbonyl (C=O) groups excluding carboxylic acids is 1. The molecule has 0 aliphatic carbocycles. The van der Waals surface area contributed by atoms with Gasteiger partial charge in [-0.1, -0.05) is 72.8 Å². The fraction of sp³-hybridized carbons (Fsp3) is 0.293. The van der Waals surface area contributed by atoms with E-state index in [1.807, 2.05) is 41.3 Å². The van der Waals surface area contributed by atoms with Gasteiger partial charge in [-0.25, -0.2) is 0 Å². The number of anilines is 1. The molecule has 4 N–H and O–H groups in total. The molecule has 0 aromatic heterocycles. The zero-order chi connectivity index (χ0) is 33.3. The number of rotatable bonds is 7. The lowest BCUT2D eigenvalue weighted by molar-refractivity contribution is 0.0715. The smallest absolute Gasteiger partial charge is 0.519 e. The highest BCUT2D eigenvalue weighted by Gasteiger charge is 2.36. The summed E-state index contributed by atoms with van der Waals surface area (Å²) in [4.78, 5) is 18.3. The lowest BCUT2D eigenvalue weighted by Crippen LogP contribution is -2.40. The van der Waals surface area contributed by atoms with E-state index in [0.717, 1.165) is 79.3 Å². The van der Waals surface area contributed by atoms with Gasteiger partial charge in [0.15, 0.2) is 0 Å². The molecule has 1 radical (unpaired) electrons. The molecule has 3 heterocycles. The Balaban J connectivity index is 0.942. The average Bonchev–Trinajstić information content (AvgIpc) is 3.60. The van der Waals surface area contributed by atoms with Gasteiger partial charge in [0.25, 0.3) is 5.91 Å².